The number of benzene rings is 8. The number of rotatable bonds is 50. The molecule has 0 radical (unpaired) electrons. The first-order chi connectivity index (χ1) is 54.0. The second-order valence-electron chi connectivity index (χ2n) is 30.6. The van der Waals surface area contributed by atoms with E-state index in [1.807, 2.05) is 0 Å². The molecule has 8 aromatic rings. The molecule has 0 amide bonds. The molecule has 8 aromatic carbocycles. The van der Waals surface area contributed by atoms with Crippen molar-refractivity contribution in [2.45, 2.75) is 314 Å². The molecule has 0 aliphatic rings. The summed E-state index contributed by atoms with van der Waals surface area (Å²) in [6.45, 7) is 30.9. The summed E-state index contributed by atoms with van der Waals surface area (Å²) < 4.78 is 6.37. The third kappa shape index (κ3) is 33.0. The van der Waals surface area contributed by atoms with E-state index in [0.717, 1.165) is 88.9 Å². The minimum atomic E-state index is 0.820. The molecule has 0 aliphatic carbocycles. The molecule has 0 spiro atoms. The number of unbranched alkanes of at least 4 members (excludes halogenated alkanes) is 22. The Balaban J connectivity index is 0.000000319. The van der Waals surface area contributed by atoms with Crippen LogP contribution in [-0.4, -0.2) is 39.1 Å². The zero-order chi connectivity index (χ0) is 78.6. The molecule has 0 heterocycles. The zero-order valence-electron chi connectivity index (χ0n) is 71.3. The Morgan fingerprint density at radius 1 is 0.273 bits per heavy atom. The molecule has 0 fully saturated rings. The van der Waals surface area contributed by atoms with Crippen molar-refractivity contribution < 1.29 is 28.8 Å². The van der Waals surface area contributed by atoms with Crippen LogP contribution < -0.4 is 0 Å². The SMILES string of the molecule is CCCCCCCCc1cc(N=[N+](C=Cc2cc(CCCC)c(-c3ccccc3)c(CCCCCCCC)c2)CC)cc(CC)c1-c1ccccc1.CCCCCCCCc1cc(N=[N+](C=Cc2cc(CCCC)c(-c3ccccc3)c(CCCCCCCC)c2)CC)cc(CC)c1-c1ccccc1.CC[N]([Pd+])CC. The van der Waals surface area contributed by atoms with Gasteiger partial charge in [-0.15, -0.1) is 0 Å². The van der Waals surface area contributed by atoms with Gasteiger partial charge in [0.05, 0.1) is 0 Å². The molecule has 0 N–H and O–H groups in total. The molecule has 0 aliphatic heterocycles. The van der Waals surface area contributed by atoms with Gasteiger partial charge in [0.25, 0.3) is 0 Å². The molecule has 596 valence electrons. The van der Waals surface area contributed by atoms with Crippen molar-refractivity contribution >= 4 is 23.5 Å². The van der Waals surface area contributed by atoms with Gasteiger partial charge in [-0.2, -0.15) is 0 Å². The fourth-order valence-corrected chi connectivity index (χ4v) is 15.4. The predicted octanol–water partition coefficient (Wildman–Crippen LogP) is 31.8. The molecule has 110 heavy (non-hydrogen) atoms. The van der Waals surface area contributed by atoms with E-state index in [2.05, 4.69) is 310 Å². The van der Waals surface area contributed by atoms with Crippen LogP contribution in [0.2, 0.25) is 0 Å². The van der Waals surface area contributed by atoms with E-state index in [-0.39, 0.29) is 0 Å². The van der Waals surface area contributed by atoms with Gasteiger partial charge < -0.3 is 0 Å². The summed E-state index contributed by atoms with van der Waals surface area (Å²) in [6.07, 6.45) is 54.1. The van der Waals surface area contributed by atoms with Crippen molar-refractivity contribution in [2.24, 2.45) is 10.2 Å². The summed E-state index contributed by atoms with van der Waals surface area (Å²) in [4.78, 5) is 0. The Hall–Kier alpha value is -6.94. The van der Waals surface area contributed by atoms with Crippen LogP contribution in [0.25, 0.3) is 56.7 Å². The molecule has 6 heteroatoms. The van der Waals surface area contributed by atoms with E-state index in [0.29, 0.717) is 0 Å². The van der Waals surface area contributed by atoms with E-state index < -0.39 is 0 Å². The van der Waals surface area contributed by atoms with Gasteiger partial charge in [0, 0.05) is 12.2 Å². The topological polar surface area (TPSA) is 34.0 Å². The Morgan fingerprint density at radius 3 is 0.736 bits per heavy atom. The minimum absolute atomic E-state index is 0.820. The molecular formula is C104H148N5Pd+3. The molecule has 5 nitrogen and oxygen atoms in total. The van der Waals surface area contributed by atoms with Gasteiger partial charge in [0.2, 0.25) is 0 Å². The number of aryl methyl sites for hydroxylation is 8. The molecule has 8 rings (SSSR count). The average Bonchev–Trinajstić information content (AvgIpc) is 0.820. The zero-order valence-corrected chi connectivity index (χ0v) is 72.9. The molecule has 0 bridgehead atoms. The van der Waals surface area contributed by atoms with Crippen LogP contribution in [0.1, 0.15) is 319 Å². The van der Waals surface area contributed by atoms with Crippen LogP contribution in [0.5, 0.6) is 0 Å². The van der Waals surface area contributed by atoms with Gasteiger partial charge in [-0.1, -0.05) is 352 Å². The van der Waals surface area contributed by atoms with Gasteiger partial charge in [0.15, 0.2) is 25.5 Å². The quantitative estimate of drug-likeness (QED) is 0.0162. The maximum absolute atomic E-state index is 5.26. The summed E-state index contributed by atoms with van der Waals surface area (Å²) in [7, 11) is 0. The first-order valence-electron chi connectivity index (χ1n) is 44.6. The molecule has 0 atom stereocenters. The molecule has 0 aromatic heterocycles. The van der Waals surface area contributed by atoms with Gasteiger partial charge in [-0.05, 0) is 238 Å². The van der Waals surface area contributed by atoms with E-state index in [1.54, 1.807) is 0 Å². The van der Waals surface area contributed by atoms with Crippen molar-refractivity contribution in [1.82, 2.24) is 3.53 Å². The van der Waals surface area contributed by atoms with Crippen molar-refractivity contribution in [3.8, 4) is 44.5 Å². The second-order valence-corrected chi connectivity index (χ2v) is 31.5. The van der Waals surface area contributed by atoms with Crippen molar-refractivity contribution in [2.75, 3.05) is 26.2 Å². The van der Waals surface area contributed by atoms with E-state index in [9.17, 15) is 0 Å². The summed E-state index contributed by atoms with van der Waals surface area (Å²) >= 11 is 3.07. The molecule has 0 unspecified atom stereocenters. The van der Waals surface area contributed by atoms with Gasteiger partial charge in [0.1, 0.15) is 11.4 Å². The normalized spacial score (nSPS) is 11.8. The summed E-state index contributed by atoms with van der Waals surface area (Å²) in [6, 6.07) is 63.5. The van der Waals surface area contributed by atoms with Crippen molar-refractivity contribution in [3.63, 3.8) is 0 Å². The van der Waals surface area contributed by atoms with Crippen LogP contribution in [0.3, 0.4) is 0 Å². The first-order valence-corrected chi connectivity index (χ1v) is 45.3. The van der Waals surface area contributed by atoms with Crippen LogP contribution in [0.15, 0.2) is 192 Å². The summed E-state index contributed by atoms with van der Waals surface area (Å²) in [5, 5.41) is 10.5. The Morgan fingerprint density at radius 2 is 0.500 bits per heavy atom. The van der Waals surface area contributed by atoms with Crippen LogP contribution >= 0.6 is 0 Å². The van der Waals surface area contributed by atoms with Crippen LogP contribution in [0, 0.1) is 0 Å². The van der Waals surface area contributed by atoms with Gasteiger partial charge in [-0.25, -0.2) is 0 Å². The summed E-state index contributed by atoms with van der Waals surface area (Å²) in [5.74, 6) is 0. The average molecular weight is 1570 g/mol. The fourth-order valence-electron chi connectivity index (χ4n) is 15.4. The van der Waals surface area contributed by atoms with Crippen molar-refractivity contribution in [1.29, 1.82) is 0 Å². The Bertz CT molecular complexity index is 3650. The summed E-state index contributed by atoms with van der Waals surface area (Å²) in [5.41, 5.74) is 27.5. The monoisotopic (exact) mass is 1570 g/mol. The van der Waals surface area contributed by atoms with Crippen LogP contribution in [-0.2, 0) is 70.8 Å². The Kier molecular flexibility index (Phi) is 47.1. The number of hydrogen-bond acceptors (Lipinski definition) is 3. The molecular weight excluding hydrogens is 1430 g/mol. The third-order valence-corrected chi connectivity index (χ3v) is 22.7. The second kappa shape index (κ2) is 56.3. The maximum atomic E-state index is 5.26. The van der Waals surface area contributed by atoms with E-state index >= 15 is 0 Å². The van der Waals surface area contributed by atoms with Crippen LogP contribution in [0.4, 0.5) is 11.4 Å². The van der Waals surface area contributed by atoms with Crippen molar-refractivity contribution in [3.05, 3.63) is 238 Å². The van der Waals surface area contributed by atoms with E-state index in [4.69, 9.17) is 10.2 Å². The number of azo groups is 4. The van der Waals surface area contributed by atoms with Gasteiger partial charge in [-0.3, -0.25) is 0 Å². The molecule has 0 saturated carbocycles. The standard InChI is InChI=1S/2C50H69N2.C4H10N.Pd/c2*1-6-11-14-16-18-22-33-46-38-41(37-45(28-13-8-3)50(46)44-31-26-21-27-32-44)35-36-52(10-5)51-48-39-42(9-4)49(43-29-24-20-25-30-43)47(40-48)34-23-19-17-15-12-7-2;1-3-5-4-2;/h2*20-21,24-27,29-32,35-40H,6-19,22-23,28,33-34H2,1-5H3;3-4H2,1-2H3;/q2*+1;-1;+2. The third-order valence-electron chi connectivity index (χ3n) is 21.7. The Labute approximate surface area is 684 Å². The first kappa shape index (κ1) is 91.9. The predicted molar refractivity (Wildman–Crippen MR) is 479 cm³/mol. The fraction of sp³-hybridized carbons (Fsp3) is 0.500. The van der Waals surface area contributed by atoms with E-state index in [1.165, 1.54) is 280 Å². The van der Waals surface area contributed by atoms with Gasteiger partial charge >= 0.3 is 49.9 Å². The molecule has 0 saturated heterocycles. The number of hydrogen-bond donors (Lipinski definition) is 0. The number of nitrogens with zero attached hydrogens (tertiary/aromatic N) is 5.